The van der Waals surface area contributed by atoms with E-state index in [9.17, 15) is 19.5 Å². The monoisotopic (exact) mass is 591 g/mol. The molecule has 43 heavy (non-hydrogen) atoms. The number of hydrogen-bond donors (Lipinski definition) is 1. The third-order valence-corrected chi connectivity index (χ3v) is 10.6. The van der Waals surface area contributed by atoms with Crippen molar-refractivity contribution < 1.29 is 19.5 Å². The lowest BCUT2D eigenvalue weighted by molar-refractivity contribution is -0.136. The van der Waals surface area contributed by atoms with Crippen LogP contribution >= 0.6 is 0 Å². The van der Waals surface area contributed by atoms with E-state index in [0.717, 1.165) is 37.5 Å². The highest BCUT2D eigenvalue weighted by atomic mass is 16.6. The van der Waals surface area contributed by atoms with E-state index in [1.807, 2.05) is 32.0 Å². The summed E-state index contributed by atoms with van der Waals surface area (Å²) in [7, 11) is 0. The summed E-state index contributed by atoms with van der Waals surface area (Å²) in [6.45, 7) is 4.31. The number of amides is 1. The highest BCUT2D eigenvalue weighted by Crippen LogP contribution is 2.47. The third-order valence-electron chi connectivity index (χ3n) is 10.6. The molecular weight excluding hydrogens is 546 g/mol. The molecule has 2 aromatic rings. The lowest BCUT2D eigenvalue weighted by Crippen LogP contribution is -2.58. The fourth-order valence-corrected chi connectivity index (χ4v) is 8.81. The van der Waals surface area contributed by atoms with Crippen LogP contribution in [0, 0.1) is 11.8 Å². The smallest absolute Gasteiger partial charge is 0.360 e. The molecule has 4 aliphatic rings. The Balaban J connectivity index is 1.31. The van der Waals surface area contributed by atoms with Crippen molar-refractivity contribution in [3.63, 3.8) is 0 Å². The van der Waals surface area contributed by atoms with Crippen molar-refractivity contribution >= 4 is 28.6 Å². The van der Waals surface area contributed by atoms with E-state index < -0.39 is 23.8 Å². The van der Waals surface area contributed by atoms with Gasteiger partial charge in [0.25, 0.3) is 11.5 Å². The zero-order valence-corrected chi connectivity index (χ0v) is 25.5. The summed E-state index contributed by atoms with van der Waals surface area (Å²) in [5.74, 6) is 0.00516. The van der Waals surface area contributed by atoms with Crippen LogP contribution in [-0.2, 0) is 14.4 Å². The summed E-state index contributed by atoms with van der Waals surface area (Å²) in [6, 6.07) is 8.85. The van der Waals surface area contributed by atoms with E-state index in [-0.39, 0.29) is 17.6 Å². The van der Waals surface area contributed by atoms with Gasteiger partial charge in [0.05, 0.1) is 11.0 Å². The first-order chi connectivity index (χ1) is 20.9. The Morgan fingerprint density at radius 1 is 0.930 bits per heavy atom. The molecule has 3 heterocycles. The van der Waals surface area contributed by atoms with Crippen LogP contribution in [0.1, 0.15) is 96.2 Å². The summed E-state index contributed by atoms with van der Waals surface area (Å²) < 4.78 is 1.79. The van der Waals surface area contributed by atoms with Crippen LogP contribution < -0.4 is 5.56 Å². The number of oxime groups is 1. The number of carboxylic acids is 1. The summed E-state index contributed by atoms with van der Waals surface area (Å²) in [5.41, 5.74) is -0.0556. The zero-order chi connectivity index (χ0) is 30.1. The second kappa shape index (κ2) is 12.8. The number of para-hydroxylation sites is 2. The van der Waals surface area contributed by atoms with E-state index in [4.69, 9.17) is 4.84 Å². The first kappa shape index (κ1) is 29.8. The number of fused-ring (bicyclic) bond motifs is 5. The fourth-order valence-electron chi connectivity index (χ4n) is 8.81. The fraction of sp³-hybridized carbons (Fsp3) is 0.667. The van der Waals surface area contributed by atoms with Crippen LogP contribution in [0.4, 0.5) is 0 Å². The number of nitrogens with zero attached hydrogens (tertiary/aromatic N) is 5. The maximum atomic E-state index is 14.2. The van der Waals surface area contributed by atoms with Gasteiger partial charge in [0.15, 0.2) is 12.3 Å². The Bertz CT molecular complexity index is 1410. The number of carbonyl (C=O) groups is 2. The first-order valence-electron chi connectivity index (χ1n) is 16.4. The standard InChI is InChI=1S/C33H45N5O5/c1-3-36(4-2)29(39)20-43-35-31(33(41)42)30-32(40)38(28-14-6-5-13-27(28)34-30)26-18-23-11-8-12-24(19-26)37(23)25-16-21-9-7-10-22(15-21)17-25/h5-6,13-14,21-26H,3-4,7-12,15-20H2,1-2H3,(H,41,42)/b35-31-/t21?,22?,23-,24+,25?,26?. The number of hydrogen-bond acceptors (Lipinski definition) is 7. The molecule has 10 heteroatoms. The van der Waals surface area contributed by atoms with Gasteiger partial charge in [-0.05, 0) is 82.8 Å². The SMILES string of the molecule is CCN(CC)C(=O)CO/N=C(\C(=O)O)c1nc2ccccc2n(C2C[C@H]3CCC[C@@H](C2)N3C2CC3CCCC(C3)C2)c1=O. The number of aliphatic carboxylic acids is 1. The molecule has 1 amide bonds. The van der Waals surface area contributed by atoms with Gasteiger partial charge in [0, 0.05) is 37.3 Å². The van der Waals surface area contributed by atoms with Crippen molar-refractivity contribution in [2.45, 2.75) is 109 Å². The van der Waals surface area contributed by atoms with Crippen molar-refractivity contribution in [2.75, 3.05) is 19.7 Å². The molecule has 4 bridgehead atoms. The van der Waals surface area contributed by atoms with Crippen LogP contribution in [0.3, 0.4) is 0 Å². The molecule has 5 atom stereocenters. The van der Waals surface area contributed by atoms with Crippen molar-refractivity contribution in [1.29, 1.82) is 0 Å². The van der Waals surface area contributed by atoms with Crippen LogP contribution in [0.5, 0.6) is 0 Å². The largest absolute Gasteiger partial charge is 0.476 e. The van der Waals surface area contributed by atoms with Crippen LogP contribution in [0.2, 0.25) is 0 Å². The van der Waals surface area contributed by atoms with Gasteiger partial charge in [-0.1, -0.05) is 43.0 Å². The van der Waals surface area contributed by atoms with Gasteiger partial charge in [-0.3, -0.25) is 14.5 Å². The quantitative estimate of drug-likeness (QED) is 0.335. The molecule has 2 aliphatic heterocycles. The van der Waals surface area contributed by atoms with Crippen LogP contribution in [0.15, 0.2) is 34.2 Å². The topological polar surface area (TPSA) is 117 Å². The Hall–Kier alpha value is -3.27. The minimum atomic E-state index is -1.42. The molecule has 0 radical (unpaired) electrons. The number of carbonyl (C=O) groups excluding carboxylic acids is 1. The molecule has 1 aromatic carbocycles. The third kappa shape index (κ3) is 5.95. The molecule has 3 unspecified atom stereocenters. The zero-order valence-electron chi connectivity index (χ0n) is 25.5. The summed E-state index contributed by atoms with van der Waals surface area (Å²) in [5, 5.41) is 13.9. The van der Waals surface area contributed by atoms with Crippen molar-refractivity contribution in [3.05, 3.63) is 40.3 Å². The Morgan fingerprint density at radius 2 is 1.58 bits per heavy atom. The second-order valence-corrected chi connectivity index (χ2v) is 13.0. The second-order valence-electron chi connectivity index (χ2n) is 13.0. The van der Waals surface area contributed by atoms with E-state index >= 15 is 0 Å². The van der Waals surface area contributed by atoms with Gasteiger partial charge in [0.2, 0.25) is 5.71 Å². The molecule has 2 saturated carbocycles. The number of rotatable bonds is 9. The Labute approximate surface area is 253 Å². The normalized spacial score (nSPS) is 29.3. The van der Waals surface area contributed by atoms with Gasteiger partial charge >= 0.3 is 5.97 Å². The number of piperidine rings is 2. The predicted octanol–water partition coefficient (Wildman–Crippen LogP) is 4.60. The number of carboxylic acid groups (broad SMARTS) is 1. The summed E-state index contributed by atoms with van der Waals surface area (Å²) in [4.78, 5) is 53.0. The molecule has 2 aliphatic carbocycles. The highest BCUT2D eigenvalue weighted by molar-refractivity contribution is 6.41. The van der Waals surface area contributed by atoms with Gasteiger partial charge < -0.3 is 19.4 Å². The average molecular weight is 592 g/mol. The number of likely N-dealkylation sites (N-methyl/N-ethyl adjacent to an activating group) is 1. The molecule has 232 valence electrons. The predicted molar refractivity (Wildman–Crippen MR) is 164 cm³/mol. The average Bonchev–Trinajstić information content (AvgIpc) is 2.99. The minimum absolute atomic E-state index is 0.0611. The van der Waals surface area contributed by atoms with Gasteiger partial charge in [-0.25, -0.2) is 9.78 Å². The van der Waals surface area contributed by atoms with Crippen molar-refractivity contribution in [2.24, 2.45) is 17.0 Å². The van der Waals surface area contributed by atoms with Gasteiger partial charge in [0.1, 0.15) is 0 Å². The molecule has 1 N–H and O–H groups in total. The van der Waals surface area contributed by atoms with Crippen molar-refractivity contribution in [3.8, 4) is 0 Å². The summed E-state index contributed by atoms with van der Waals surface area (Å²) in [6.07, 6.45) is 13.4. The Morgan fingerprint density at radius 3 is 2.23 bits per heavy atom. The number of benzene rings is 1. The van der Waals surface area contributed by atoms with Crippen molar-refractivity contribution in [1.82, 2.24) is 19.4 Å². The van der Waals surface area contributed by atoms with E-state index in [1.54, 1.807) is 15.5 Å². The van der Waals surface area contributed by atoms with Crippen LogP contribution in [-0.4, -0.2) is 79.9 Å². The summed E-state index contributed by atoms with van der Waals surface area (Å²) >= 11 is 0. The molecular formula is C33H45N5O5. The number of aromatic nitrogens is 2. The minimum Gasteiger partial charge on any atom is -0.476 e. The molecule has 6 rings (SSSR count). The molecule has 4 fully saturated rings. The molecule has 0 spiro atoms. The van der Waals surface area contributed by atoms with E-state index in [0.29, 0.717) is 42.2 Å². The van der Waals surface area contributed by atoms with E-state index in [1.165, 1.54) is 44.9 Å². The van der Waals surface area contributed by atoms with Crippen LogP contribution in [0.25, 0.3) is 11.0 Å². The first-order valence-corrected chi connectivity index (χ1v) is 16.4. The maximum absolute atomic E-state index is 14.2. The lowest BCUT2D eigenvalue weighted by Gasteiger charge is -2.55. The maximum Gasteiger partial charge on any atom is 0.360 e. The molecule has 10 nitrogen and oxygen atoms in total. The van der Waals surface area contributed by atoms with Gasteiger partial charge in [-0.2, -0.15) is 0 Å². The van der Waals surface area contributed by atoms with E-state index in [2.05, 4.69) is 15.0 Å². The highest BCUT2D eigenvalue weighted by Gasteiger charge is 2.45. The van der Waals surface area contributed by atoms with Gasteiger partial charge in [-0.15, -0.1) is 0 Å². The molecule has 1 aromatic heterocycles. The molecule has 2 saturated heterocycles. The Kier molecular flexibility index (Phi) is 8.84. The lowest BCUT2D eigenvalue weighted by atomic mass is 9.68.